The maximum Gasteiger partial charge on any atom is 0.215 e. The van der Waals surface area contributed by atoms with Gasteiger partial charge in [0.25, 0.3) is 0 Å². The van der Waals surface area contributed by atoms with Crippen molar-refractivity contribution >= 4 is 11.2 Å². The van der Waals surface area contributed by atoms with Crippen molar-refractivity contribution in [2.75, 3.05) is 26.4 Å². The quantitative estimate of drug-likeness (QED) is 0.856. The number of hydrogen-bond acceptors (Lipinski definition) is 5. The molecule has 1 fully saturated rings. The van der Waals surface area contributed by atoms with Gasteiger partial charge in [0.05, 0.1) is 25.3 Å². The van der Waals surface area contributed by atoms with Crippen molar-refractivity contribution in [3.8, 4) is 5.88 Å². The summed E-state index contributed by atoms with van der Waals surface area (Å²) >= 11 is 0. The van der Waals surface area contributed by atoms with Gasteiger partial charge >= 0.3 is 0 Å². The Bertz CT molecular complexity index is 549. The molecule has 1 saturated heterocycles. The number of rotatable bonds is 4. The Balaban J connectivity index is 1.76. The van der Waals surface area contributed by atoms with Crippen LogP contribution in [0.25, 0.3) is 11.2 Å². The van der Waals surface area contributed by atoms with Crippen LogP contribution in [0.5, 0.6) is 5.88 Å². The molecule has 0 radical (unpaired) electrons. The molecule has 2 N–H and O–H groups in total. The topological polar surface area (TPSA) is 72.1 Å². The third kappa shape index (κ3) is 2.85. The van der Waals surface area contributed by atoms with Crippen molar-refractivity contribution in [2.45, 2.75) is 19.4 Å². The molecule has 2 aromatic heterocycles. The number of ether oxygens (including phenoxy) is 2. The van der Waals surface area contributed by atoms with Gasteiger partial charge in [0, 0.05) is 25.1 Å². The summed E-state index contributed by atoms with van der Waals surface area (Å²) in [5, 5.41) is 3.41. The summed E-state index contributed by atoms with van der Waals surface area (Å²) in [5.74, 6) is 1.55. The molecule has 1 aliphatic heterocycles. The van der Waals surface area contributed by atoms with Crippen LogP contribution >= 0.6 is 0 Å². The average Bonchev–Trinajstić information content (AvgIpc) is 2.82. The van der Waals surface area contributed by atoms with Gasteiger partial charge in [-0.1, -0.05) is 0 Å². The van der Waals surface area contributed by atoms with E-state index in [9.17, 15) is 0 Å². The molecule has 1 atom stereocenters. The number of aromatic nitrogens is 3. The van der Waals surface area contributed by atoms with E-state index in [4.69, 9.17) is 9.47 Å². The summed E-state index contributed by atoms with van der Waals surface area (Å²) in [4.78, 5) is 12.2. The smallest absolute Gasteiger partial charge is 0.215 e. The molecular formula is C13H18N4O2. The van der Waals surface area contributed by atoms with Gasteiger partial charge in [-0.05, 0) is 13.0 Å². The summed E-state index contributed by atoms with van der Waals surface area (Å²) < 4.78 is 10.8. The zero-order valence-corrected chi connectivity index (χ0v) is 11.0. The highest BCUT2D eigenvalue weighted by molar-refractivity contribution is 5.71. The first-order valence-electron chi connectivity index (χ1n) is 6.64. The predicted octanol–water partition coefficient (Wildman–Crippen LogP) is 0.887. The largest absolute Gasteiger partial charge is 0.478 e. The highest BCUT2D eigenvalue weighted by atomic mass is 16.5. The Kier molecular flexibility index (Phi) is 3.61. The summed E-state index contributed by atoms with van der Waals surface area (Å²) in [6.45, 7) is 4.97. The SMILES string of the molecule is CCOc1ccc2[nH]c(CC3COCCN3)nc2n1. The summed E-state index contributed by atoms with van der Waals surface area (Å²) in [7, 11) is 0. The second-order valence-corrected chi connectivity index (χ2v) is 4.57. The molecule has 6 nitrogen and oxygen atoms in total. The molecule has 0 aliphatic carbocycles. The number of morpholine rings is 1. The molecule has 0 bridgehead atoms. The number of imidazole rings is 1. The third-order valence-electron chi connectivity index (χ3n) is 3.10. The van der Waals surface area contributed by atoms with Gasteiger partial charge in [0.15, 0.2) is 5.65 Å². The fourth-order valence-corrected chi connectivity index (χ4v) is 2.23. The number of nitrogens with one attached hydrogen (secondary N) is 2. The first-order valence-corrected chi connectivity index (χ1v) is 6.64. The second kappa shape index (κ2) is 5.54. The number of pyridine rings is 1. The highest BCUT2D eigenvalue weighted by Crippen LogP contribution is 2.15. The number of fused-ring (bicyclic) bond motifs is 1. The molecule has 6 heteroatoms. The Labute approximate surface area is 111 Å². The van der Waals surface area contributed by atoms with Crippen LogP contribution in [0.2, 0.25) is 0 Å². The van der Waals surface area contributed by atoms with Crippen molar-refractivity contribution in [2.24, 2.45) is 0 Å². The predicted molar refractivity (Wildman–Crippen MR) is 71.4 cm³/mol. The zero-order chi connectivity index (χ0) is 13.1. The first-order chi connectivity index (χ1) is 9.35. The van der Waals surface area contributed by atoms with Gasteiger partial charge in [-0.15, -0.1) is 0 Å². The van der Waals surface area contributed by atoms with Crippen LogP contribution < -0.4 is 10.1 Å². The normalized spacial score (nSPS) is 19.7. The Morgan fingerprint density at radius 2 is 2.37 bits per heavy atom. The highest BCUT2D eigenvalue weighted by Gasteiger charge is 2.16. The van der Waals surface area contributed by atoms with Crippen molar-refractivity contribution in [1.29, 1.82) is 0 Å². The lowest BCUT2D eigenvalue weighted by Crippen LogP contribution is -2.42. The van der Waals surface area contributed by atoms with Crippen LogP contribution in [0.15, 0.2) is 12.1 Å². The van der Waals surface area contributed by atoms with E-state index in [1.807, 2.05) is 19.1 Å². The molecule has 19 heavy (non-hydrogen) atoms. The minimum absolute atomic E-state index is 0.320. The molecule has 2 aromatic rings. The van der Waals surface area contributed by atoms with E-state index in [0.717, 1.165) is 37.5 Å². The molecule has 102 valence electrons. The Morgan fingerprint density at radius 1 is 1.42 bits per heavy atom. The Morgan fingerprint density at radius 3 is 3.16 bits per heavy atom. The molecule has 1 aliphatic rings. The lowest BCUT2D eigenvalue weighted by molar-refractivity contribution is 0.0765. The monoisotopic (exact) mass is 262 g/mol. The number of hydrogen-bond donors (Lipinski definition) is 2. The van der Waals surface area contributed by atoms with Gasteiger partial charge < -0.3 is 19.8 Å². The number of aromatic amines is 1. The van der Waals surface area contributed by atoms with Crippen LogP contribution in [0.1, 0.15) is 12.7 Å². The standard InChI is InChI=1S/C13H18N4O2/c1-2-19-12-4-3-10-13(17-12)16-11(15-10)7-9-8-18-6-5-14-9/h3-4,9,14H,2,5-8H2,1H3,(H,15,16,17). The van der Waals surface area contributed by atoms with Gasteiger partial charge in [0.2, 0.25) is 5.88 Å². The lowest BCUT2D eigenvalue weighted by Gasteiger charge is -2.22. The maximum absolute atomic E-state index is 5.44. The van der Waals surface area contributed by atoms with Crippen molar-refractivity contribution in [3.63, 3.8) is 0 Å². The average molecular weight is 262 g/mol. The molecule has 3 rings (SSSR count). The van der Waals surface area contributed by atoms with Crippen molar-refractivity contribution in [1.82, 2.24) is 20.3 Å². The van der Waals surface area contributed by atoms with Gasteiger partial charge in [-0.2, -0.15) is 4.98 Å². The third-order valence-corrected chi connectivity index (χ3v) is 3.10. The van der Waals surface area contributed by atoms with Crippen molar-refractivity contribution in [3.05, 3.63) is 18.0 Å². The van der Waals surface area contributed by atoms with Crippen LogP contribution in [0.4, 0.5) is 0 Å². The number of nitrogens with zero attached hydrogens (tertiary/aromatic N) is 2. The second-order valence-electron chi connectivity index (χ2n) is 4.57. The summed E-state index contributed by atoms with van der Waals surface area (Å²) in [6, 6.07) is 4.13. The van der Waals surface area contributed by atoms with Crippen LogP contribution in [-0.4, -0.2) is 47.4 Å². The maximum atomic E-state index is 5.44. The molecule has 0 saturated carbocycles. The van der Waals surface area contributed by atoms with E-state index in [1.165, 1.54) is 0 Å². The van der Waals surface area contributed by atoms with Gasteiger partial charge in [-0.25, -0.2) is 4.98 Å². The van der Waals surface area contributed by atoms with E-state index in [0.29, 0.717) is 24.2 Å². The number of H-pyrrole nitrogens is 1. The molecule has 0 aromatic carbocycles. The van der Waals surface area contributed by atoms with E-state index in [1.54, 1.807) is 0 Å². The van der Waals surface area contributed by atoms with Crippen LogP contribution in [-0.2, 0) is 11.2 Å². The van der Waals surface area contributed by atoms with Gasteiger partial charge in [-0.3, -0.25) is 0 Å². The molecular weight excluding hydrogens is 244 g/mol. The summed E-state index contributed by atoms with van der Waals surface area (Å²) in [5.41, 5.74) is 1.65. The molecule has 1 unspecified atom stereocenters. The van der Waals surface area contributed by atoms with Crippen LogP contribution in [0, 0.1) is 0 Å². The lowest BCUT2D eigenvalue weighted by atomic mass is 10.2. The molecule has 0 spiro atoms. The van der Waals surface area contributed by atoms with Gasteiger partial charge in [0.1, 0.15) is 5.82 Å². The van der Waals surface area contributed by atoms with E-state index < -0.39 is 0 Å². The minimum atomic E-state index is 0.320. The fraction of sp³-hybridized carbons (Fsp3) is 0.538. The summed E-state index contributed by atoms with van der Waals surface area (Å²) in [6.07, 6.45) is 0.820. The van der Waals surface area contributed by atoms with E-state index in [-0.39, 0.29) is 0 Å². The van der Waals surface area contributed by atoms with Crippen molar-refractivity contribution < 1.29 is 9.47 Å². The fourth-order valence-electron chi connectivity index (χ4n) is 2.23. The van der Waals surface area contributed by atoms with E-state index in [2.05, 4.69) is 20.3 Å². The Hall–Kier alpha value is -1.66. The first kappa shape index (κ1) is 12.4. The molecule has 3 heterocycles. The van der Waals surface area contributed by atoms with E-state index >= 15 is 0 Å². The van der Waals surface area contributed by atoms with Crippen LogP contribution in [0.3, 0.4) is 0 Å². The zero-order valence-electron chi connectivity index (χ0n) is 11.0. The molecule has 0 amide bonds. The minimum Gasteiger partial charge on any atom is -0.478 e.